The maximum absolute atomic E-state index is 11.8. The number of carbonyl (C=O) groups excluding carboxylic acids is 1. The van der Waals surface area contributed by atoms with Crippen molar-refractivity contribution in [2.24, 2.45) is 5.92 Å². The zero-order valence-corrected chi connectivity index (χ0v) is 11.9. The molecule has 20 heavy (non-hydrogen) atoms. The molecule has 0 bridgehead atoms. The van der Waals surface area contributed by atoms with Gasteiger partial charge in [0, 0.05) is 19.2 Å². The van der Waals surface area contributed by atoms with Gasteiger partial charge in [0.25, 0.3) is 5.91 Å². The number of amides is 1. The van der Waals surface area contributed by atoms with E-state index in [9.17, 15) is 4.79 Å². The van der Waals surface area contributed by atoms with Gasteiger partial charge in [-0.15, -0.1) is 11.3 Å². The predicted octanol–water partition coefficient (Wildman–Crippen LogP) is 2.32. The first-order chi connectivity index (χ1) is 9.70. The van der Waals surface area contributed by atoms with Gasteiger partial charge in [0.1, 0.15) is 0 Å². The molecule has 1 amide bonds. The molecule has 2 aromatic heterocycles. The summed E-state index contributed by atoms with van der Waals surface area (Å²) in [4.78, 5) is 12.8. The number of hydrogen-bond donors (Lipinski definition) is 2. The van der Waals surface area contributed by atoms with Crippen LogP contribution in [0.2, 0.25) is 0 Å². The van der Waals surface area contributed by atoms with Crippen molar-refractivity contribution < 1.29 is 14.4 Å². The molecule has 0 aliphatic carbocycles. The van der Waals surface area contributed by atoms with Crippen molar-refractivity contribution in [1.82, 2.24) is 10.5 Å². The lowest BCUT2D eigenvalue weighted by atomic mass is 10.2. The Kier molecular flexibility index (Phi) is 5.09. The Balaban J connectivity index is 1.89. The highest BCUT2D eigenvalue weighted by Gasteiger charge is 2.13. The van der Waals surface area contributed by atoms with Crippen LogP contribution in [0.3, 0.4) is 0 Å². The first kappa shape index (κ1) is 14.5. The van der Waals surface area contributed by atoms with E-state index in [1.807, 2.05) is 30.5 Å². The standard InChI is InChI=1S/C14H16N2O3S/c1-10(9-17)4-2-6-15-14(18)11-8-12(19-16-11)13-5-3-7-20-13/h2-5,7-8,10,17H,6,9H2,1H3,(H,15,18). The molecule has 1 unspecified atom stereocenters. The van der Waals surface area contributed by atoms with E-state index >= 15 is 0 Å². The molecule has 2 rings (SSSR count). The SMILES string of the molecule is CC(C=CCNC(=O)c1cc(-c2cccs2)on1)CO. The molecular weight excluding hydrogens is 276 g/mol. The van der Waals surface area contributed by atoms with Crippen molar-refractivity contribution in [2.75, 3.05) is 13.2 Å². The number of carbonyl (C=O) groups is 1. The van der Waals surface area contributed by atoms with Crippen LogP contribution in [0.1, 0.15) is 17.4 Å². The second kappa shape index (κ2) is 7.02. The van der Waals surface area contributed by atoms with Gasteiger partial charge in [-0.05, 0) is 17.4 Å². The third kappa shape index (κ3) is 3.79. The van der Waals surface area contributed by atoms with Gasteiger partial charge in [-0.1, -0.05) is 30.3 Å². The van der Waals surface area contributed by atoms with Crippen molar-refractivity contribution in [2.45, 2.75) is 6.92 Å². The summed E-state index contributed by atoms with van der Waals surface area (Å²) < 4.78 is 5.14. The number of rotatable bonds is 6. The van der Waals surface area contributed by atoms with Gasteiger partial charge < -0.3 is 14.9 Å². The van der Waals surface area contributed by atoms with Crippen molar-refractivity contribution in [3.63, 3.8) is 0 Å². The average Bonchev–Trinajstić information content (AvgIpc) is 3.12. The van der Waals surface area contributed by atoms with Gasteiger partial charge in [0.15, 0.2) is 11.5 Å². The van der Waals surface area contributed by atoms with Crippen LogP contribution in [0.25, 0.3) is 10.6 Å². The Morgan fingerprint density at radius 2 is 2.50 bits per heavy atom. The summed E-state index contributed by atoms with van der Waals surface area (Å²) >= 11 is 1.53. The molecule has 0 aliphatic heterocycles. The van der Waals surface area contributed by atoms with E-state index in [0.29, 0.717) is 12.3 Å². The highest BCUT2D eigenvalue weighted by molar-refractivity contribution is 7.13. The largest absolute Gasteiger partial charge is 0.396 e. The minimum Gasteiger partial charge on any atom is -0.396 e. The molecule has 1 atom stereocenters. The first-order valence-corrected chi connectivity index (χ1v) is 7.15. The smallest absolute Gasteiger partial charge is 0.273 e. The molecule has 6 heteroatoms. The van der Waals surface area contributed by atoms with Crippen molar-refractivity contribution in [3.8, 4) is 10.6 Å². The van der Waals surface area contributed by atoms with Crippen molar-refractivity contribution in [1.29, 1.82) is 0 Å². The van der Waals surface area contributed by atoms with Crippen LogP contribution in [0.4, 0.5) is 0 Å². The maximum Gasteiger partial charge on any atom is 0.273 e. The molecule has 106 valence electrons. The summed E-state index contributed by atoms with van der Waals surface area (Å²) in [5.41, 5.74) is 0.261. The summed E-state index contributed by atoms with van der Waals surface area (Å²) in [6, 6.07) is 5.45. The van der Waals surface area contributed by atoms with E-state index in [0.717, 1.165) is 4.88 Å². The van der Waals surface area contributed by atoms with Gasteiger partial charge in [0.2, 0.25) is 0 Å². The Bertz CT molecular complexity index is 575. The molecule has 2 heterocycles. The fraction of sp³-hybridized carbons (Fsp3) is 0.286. The molecule has 0 fully saturated rings. The normalized spacial score (nSPS) is 12.7. The summed E-state index contributed by atoms with van der Waals surface area (Å²) in [7, 11) is 0. The number of nitrogens with zero attached hydrogens (tertiary/aromatic N) is 1. The number of hydrogen-bond acceptors (Lipinski definition) is 5. The monoisotopic (exact) mass is 292 g/mol. The zero-order valence-electron chi connectivity index (χ0n) is 11.1. The highest BCUT2D eigenvalue weighted by atomic mass is 32.1. The lowest BCUT2D eigenvalue weighted by Crippen LogP contribution is -2.23. The van der Waals surface area contributed by atoms with Crippen LogP contribution in [0.5, 0.6) is 0 Å². The topological polar surface area (TPSA) is 75.4 Å². The van der Waals surface area contributed by atoms with Crippen molar-refractivity contribution >= 4 is 17.2 Å². The molecule has 0 radical (unpaired) electrons. The molecule has 0 spiro atoms. The number of thiophene rings is 1. The van der Waals surface area contributed by atoms with Gasteiger partial charge in [0.05, 0.1) is 4.88 Å². The van der Waals surface area contributed by atoms with E-state index in [2.05, 4.69) is 10.5 Å². The van der Waals surface area contributed by atoms with Crippen LogP contribution >= 0.6 is 11.3 Å². The van der Waals surface area contributed by atoms with Crippen LogP contribution < -0.4 is 5.32 Å². The van der Waals surface area contributed by atoms with E-state index in [1.165, 1.54) is 11.3 Å². The maximum atomic E-state index is 11.8. The van der Waals surface area contributed by atoms with Gasteiger partial charge in [-0.25, -0.2) is 0 Å². The van der Waals surface area contributed by atoms with E-state index in [1.54, 1.807) is 12.1 Å². The fourth-order valence-electron chi connectivity index (χ4n) is 1.52. The molecule has 2 N–H and O–H groups in total. The van der Waals surface area contributed by atoms with Gasteiger partial charge >= 0.3 is 0 Å². The molecule has 2 aromatic rings. The molecule has 5 nitrogen and oxygen atoms in total. The molecular formula is C14H16N2O3S. The second-order valence-electron chi connectivity index (χ2n) is 4.35. The third-order valence-corrected chi connectivity index (χ3v) is 3.52. The van der Waals surface area contributed by atoms with E-state index in [-0.39, 0.29) is 24.1 Å². The summed E-state index contributed by atoms with van der Waals surface area (Å²) in [5, 5.41) is 17.3. The minimum atomic E-state index is -0.280. The minimum absolute atomic E-state index is 0.0874. The van der Waals surface area contributed by atoms with E-state index < -0.39 is 0 Å². The van der Waals surface area contributed by atoms with Crippen LogP contribution in [-0.2, 0) is 0 Å². The first-order valence-electron chi connectivity index (χ1n) is 6.27. The number of aliphatic hydroxyl groups is 1. The van der Waals surface area contributed by atoms with Crippen LogP contribution in [-0.4, -0.2) is 29.3 Å². The predicted molar refractivity (Wildman–Crippen MR) is 77.5 cm³/mol. The summed E-state index contributed by atoms with van der Waals surface area (Å²) in [5.74, 6) is 0.400. The Hall–Kier alpha value is -1.92. The second-order valence-corrected chi connectivity index (χ2v) is 5.30. The van der Waals surface area contributed by atoms with Gasteiger partial charge in [-0.2, -0.15) is 0 Å². The van der Waals surface area contributed by atoms with Crippen molar-refractivity contribution in [3.05, 3.63) is 41.4 Å². The van der Waals surface area contributed by atoms with Crippen LogP contribution in [0.15, 0.2) is 40.3 Å². The van der Waals surface area contributed by atoms with Crippen LogP contribution in [0, 0.1) is 5.92 Å². The average molecular weight is 292 g/mol. The lowest BCUT2D eigenvalue weighted by molar-refractivity contribution is 0.0949. The van der Waals surface area contributed by atoms with E-state index in [4.69, 9.17) is 9.63 Å². The Labute approximate surface area is 120 Å². The zero-order chi connectivity index (χ0) is 14.4. The molecule has 0 saturated heterocycles. The third-order valence-electron chi connectivity index (χ3n) is 2.64. The summed E-state index contributed by atoms with van der Waals surface area (Å²) in [6.07, 6.45) is 3.65. The molecule has 0 aromatic carbocycles. The highest BCUT2D eigenvalue weighted by Crippen LogP contribution is 2.24. The number of nitrogens with one attached hydrogen (secondary N) is 1. The Morgan fingerprint density at radius 3 is 3.20 bits per heavy atom. The molecule has 0 aliphatic rings. The van der Waals surface area contributed by atoms with Gasteiger partial charge in [-0.3, -0.25) is 4.79 Å². The molecule has 0 saturated carbocycles. The number of aromatic nitrogens is 1. The summed E-state index contributed by atoms with van der Waals surface area (Å²) in [6.45, 7) is 2.38. The fourth-order valence-corrected chi connectivity index (χ4v) is 2.19. The Morgan fingerprint density at radius 1 is 1.65 bits per heavy atom. The quantitative estimate of drug-likeness (QED) is 0.801. The number of aliphatic hydroxyl groups excluding tert-OH is 1. The lowest BCUT2D eigenvalue weighted by Gasteiger charge is -2.00.